The lowest BCUT2D eigenvalue weighted by Gasteiger charge is -2.25. The number of carbonyl (C=O) groups excluding carboxylic acids is 1. The number of aryl methyl sites for hydroxylation is 1. The average Bonchev–Trinajstić information content (AvgIpc) is 3.01. The highest BCUT2D eigenvalue weighted by Gasteiger charge is 2.34. The highest BCUT2D eigenvalue weighted by molar-refractivity contribution is 6.11. The van der Waals surface area contributed by atoms with Gasteiger partial charge in [-0.05, 0) is 67.1 Å². The van der Waals surface area contributed by atoms with Crippen LogP contribution in [0.3, 0.4) is 0 Å². The average molecular weight is 372 g/mol. The molecule has 3 aromatic carbocycles. The van der Waals surface area contributed by atoms with Gasteiger partial charge < -0.3 is 15.5 Å². The van der Waals surface area contributed by atoms with E-state index in [1.165, 1.54) is 0 Å². The second-order valence-corrected chi connectivity index (χ2v) is 6.80. The summed E-state index contributed by atoms with van der Waals surface area (Å²) < 4.78 is 0. The van der Waals surface area contributed by atoms with E-state index in [1.54, 1.807) is 53.4 Å². The van der Waals surface area contributed by atoms with Crippen molar-refractivity contribution in [3.8, 4) is 11.5 Å². The number of hydrogen-bond acceptors (Lipinski definition) is 4. The van der Waals surface area contributed by atoms with E-state index in [9.17, 15) is 15.0 Å². The van der Waals surface area contributed by atoms with E-state index in [1.807, 2.05) is 31.2 Å². The minimum absolute atomic E-state index is 0.151. The number of carbonyl (C=O) groups is 1. The molecule has 3 N–H and O–H groups in total. The van der Waals surface area contributed by atoms with Crippen LogP contribution in [0, 0.1) is 6.92 Å². The van der Waals surface area contributed by atoms with Crippen molar-refractivity contribution in [1.82, 2.24) is 0 Å². The van der Waals surface area contributed by atoms with E-state index in [-0.39, 0.29) is 23.4 Å². The summed E-state index contributed by atoms with van der Waals surface area (Å²) in [6.45, 7) is 2.02. The molecule has 28 heavy (non-hydrogen) atoms. The molecule has 1 atom stereocenters. The Kier molecular flexibility index (Phi) is 4.49. The van der Waals surface area contributed by atoms with Gasteiger partial charge in [-0.15, -0.1) is 0 Å². The Balaban J connectivity index is 1.73. The minimum Gasteiger partial charge on any atom is -0.508 e. The quantitative estimate of drug-likeness (QED) is 0.590. The Bertz CT molecular complexity index is 1040. The maximum atomic E-state index is 13.2. The smallest absolute Gasteiger partial charge is 0.275 e. The number of hydrogen-bond donors (Lipinski definition) is 3. The number of aromatic hydroxyl groups is 2. The van der Waals surface area contributed by atoms with Crippen molar-refractivity contribution in [3.63, 3.8) is 0 Å². The van der Waals surface area contributed by atoms with E-state index >= 15 is 0 Å². The number of benzene rings is 3. The second-order valence-electron chi connectivity index (χ2n) is 6.80. The summed E-state index contributed by atoms with van der Waals surface area (Å²) in [5, 5.41) is 22.2. The van der Waals surface area contributed by atoms with Crippen molar-refractivity contribution < 1.29 is 15.0 Å². The van der Waals surface area contributed by atoms with Crippen molar-refractivity contribution in [2.75, 3.05) is 10.2 Å². The molecule has 0 saturated heterocycles. The van der Waals surface area contributed by atoms with Crippen LogP contribution in [0.15, 0.2) is 84.6 Å². The Labute approximate surface area is 163 Å². The predicted octanol–water partition coefficient (Wildman–Crippen LogP) is 4.49. The van der Waals surface area contributed by atoms with E-state index in [4.69, 9.17) is 0 Å². The summed E-state index contributed by atoms with van der Waals surface area (Å²) in [5.41, 5.74) is 4.00. The lowest BCUT2D eigenvalue weighted by molar-refractivity contribution is -0.114. The Hall–Kier alpha value is -3.73. The topological polar surface area (TPSA) is 72.8 Å². The van der Waals surface area contributed by atoms with Gasteiger partial charge in [0.1, 0.15) is 17.2 Å². The first-order chi connectivity index (χ1) is 13.5. The van der Waals surface area contributed by atoms with Crippen LogP contribution in [0.1, 0.15) is 17.2 Å². The highest BCUT2D eigenvalue weighted by atomic mass is 16.3. The number of nitrogens with zero attached hydrogens (tertiary/aromatic N) is 1. The van der Waals surface area contributed by atoms with Gasteiger partial charge in [-0.1, -0.05) is 29.8 Å². The van der Waals surface area contributed by atoms with Crippen LogP contribution in [0.5, 0.6) is 11.5 Å². The third-order valence-corrected chi connectivity index (χ3v) is 4.71. The van der Waals surface area contributed by atoms with Crippen molar-refractivity contribution >= 4 is 17.3 Å². The first-order valence-corrected chi connectivity index (χ1v) is 8.98. The maximum Gasteiger partial charge on any atom is 0.275 e. The monoisotopic (exact) mass is 372 g/mol. The first kappa shape index (κ1) is 17.7. The molecule has 0 fully saturated rings. The zero-order chi connectivity index (χ0) is 19.7. The van der Waals surface area contributed by atoms with Crippen LogP contribution in [-0.2, 0) is 4.79 Å². The number of anilines is 2. The normalized spacial score (nSPS) is 16.2. The Morgan fingerprint density at radius 3 is 2.18 bits per heavy atom. The molecule has 0 aromatic heterocycles. The van der Waals surface area contributed by atoms with Crippen LogP contribution >= 0.6 is 0 Å². The third kappa shape index (κ3) is 3.42. The van der Waals surface area contributed by atoms with Gasteiger partial charge in [-0.3, -0.25) is 9.69 Å². The lowest BCUT2D eigenvalue weighted by atomic mass is 10.0. The molecule has 5 nitrogen and oxygen atoms in total. The molecule has 1 amide bonds. The summed E-state index contributed by atoms with van der Waals surface area (Å²) in [4.78, 5) is 14.9. The van der Waals surface area contributed by atoms with E-state index < -0.39 is 0 Å². The van der Waals surface area contributed by atoms with Gasteiger partial charge in [0.25, 0.3) is 5.91 Å². The molecule has 140 valence electrons. The van der Waals surface area contributed by atoms with E-state index in [2.05, 4.69) is 11.4 Å². The third-order valence-electron chi connectivity index (χ3n) is 4.71. The summed E-state index contributed by atoms with van der Waals surface area (Å²) in [5.74, 6) is 0.156. The predicted molar refractivity (Wildman–Crippen MR) is 109 cm³/mol. The van der Waals surface area contributed by atoms with Crippen LogP contribution in [0.2, 0.25) is 0 Å². The minimum atomic E-state index is -0.267. The lowest BCUT2D eigenvalue weighted by Crippen LogP contribution is -2.30. The fraction of sp³-hybridized carbons (Fsp3) is 0.0870. The van der Waals surface area contributed by atoms with Crippen LogP contribution in [0.4, 0.5) is 11.4 Å². The van der Waals surface area contributed by atoms with Crippen molar-refractivity contribution in [2.24, 2.45) is 0 Å². The fourth-order valence-electron chi connectivity index (χ4n) is 3.35. The van der Waals surface area contributed by atoms with Crippen molar-refractivity contribution in [2.45, 2.75) is 13.0 Å². The Morgan fingerprint density at radius 2 is 1.54 bits per heavy atom. The van der Waals surface area contributed by atoms with E-state index in [0.29, 0.717) is 17.1 Å². The number of amides is 1. The molecule has 0 aliphatic carbocycles. The summed E-state index contributed by atoms with van der Waals surface area (Å²) in [7, 11) is 0. The van der Waals surface area contributed by atoms with Gasteiger partial charge in [0.2, 0.25) is 0 Å². The molecule has 5 heteroatoms. The maximum absolute atomic E-state index is 13.2. The van der Waals surface area contributed by atoms with Gasteiger partial charge >= 0.3 is 0 Å². The largest absolute Gasteiger partial charge is 0.508 e. The molecule has 1 aliphatic heterocycles. The first-order valence-electron chi connectivity index (χ1n) is 8.98. The van der Waals surface area contributed by atoms with E-state index in [0.717, 1.165) is 11.1 Å². The van der Waals surface area contributed by atoms with Crippen molar-refractivity contribution in [1.29, 1.82) is 0 Å². The molecule has 1 unspecified atom stereocenters. The highest BCUT2D eigenvalue weighted by Crippen LogP contribution is 2.37. The van der Waals surface area contributed by atoms with Gasteiger partial charge in [0.15, 0.2) is 0 Å². The van der Waals surface area contributed by atoms with Crippen LogP contribution < -0.4 is 10.2 Å². The van der Waals surface area contributed by atoms with Gasteiger partial charge in [0, 0.05) is 11.4 Å². The van der Waals surface area contributed by atoms with Gasteiger partial charge in [-0.2, -0.15) is 0 Å². The van der Waals surface area contributed by atoms with Crippen LogP contribution in [-0.4, -0.2) is 16.1 Å². The molecule has 1 aliphatic rings. The zero-order valence-corrected chi connectivity index (χ0v) is 15.3. The van der Waals surface area contributed by atoms with Crippen LogP contribution in [0.25, 0.3) is 0 Å². The molecule has 0 saturated carbocycles. The standard InChI is InChI=1S/C23H20N2O3/c1-15-3-2-4-16(13-15)22-14-21(24-17-5-9-19(26)10-6-17)23(28)25(22)18-7-11-20(27)12-8-18/h2-14,22,24,26-27H,1H3. The summed E-state index contributed by atoms with van der Waals surface area (Å²) >= 11 is 0. The molecule has 0 bridgehead atoms. The molecular formula is C23H20N2O3. The van der Waals surface area contributed by atoms with Gasteiger partial charge in [-0.25, -0.2) is 0 Å². The number of rotatable bonds is 4. The molecule has 3 aromatic rings. The molecule has 0 spiro atoms. The number of phenols is 2. The summed E-state index contributed by atoms with van der Waals surface area (Å²) in [6.07, 6.45) is 1.90. The Morgan fingerprint density at radius 1 is 0.893 bits per heavy atom. The number of phenolic OH excluding ortho intramolecular Hbond substituents is 2. The van der Waals surface area contributed by atoms with Gasteiger partial charge in [0.05, 0.1) is 6.04 Å². The molecule has 1 heterocycles. The zero-order valence-electron chi connectivity index (χ0n) is 15.3. The van der Waals surface area contributed by atoms with Crippen molar-refractivity contribution in [3.05, 3.63) is 95.7 Å². The fourth-order valence-corrected chi connectivity index (χ4v) is 3.35. The number of nitrogens with one attached hydrogen (secondary N) is 1. The molecule has 0 radical (unpaired) electrons. The molecular weight excluding hydrogens is 352 g/mol. The second kappa shape index (κ2) is 7.12. The summed E-state index contributed by atoms with van der Waals surface area (Å²) in [6, 6.07) is 21.0. The molecule has 4 rings (SSSR count). The SMILES string of the molecule is Cc1cccc(C2C=C(Nc3ccc(O)cc3)C(=O)N2c2ccc(O)cc2)c1.